The zero-order valence-corrected chi connectivity index (χ0v) is 21.0. The van der Waals surface area contributed by atoms with Gasteiger partial charge >= 0.3 is 0 Å². The van der Waals surface area contributed by atoms with Gasteiger partial charge in [0.25, 0.3) is 5.56 Å². The van der Waals surface area contributed by atoms with Crippen LogP contribution in [0.1, 0.15) is 57.7 Å². The molecule has 2 heterocycles. The summed E-state index contributed by atoms with van der Waals surface area (Å²) in [5.74, 6) is 0.237. The Hall–Kier alpha value is -2.91. The molecule has 1 aliphatic rings. The van der Waals surface area contributed by atoms with Crippen molar-refractivity contribution in [3.8, 4) is 0 Å². The molecule has 1 aromatic carbocycles. The summed E-state index contributed by atoms with van der Waals surface area (Å²) in [6, 6.07) is 11.3. The topological polar surface area (TPSA) is 107 Å². The lowest BCUT2D eigenvalue weighted by Gasteiger charge is -2.21. The molecule has 0 amide bonds. The summed E-state index contributed by atoms with van der Waals surface area (Å²) in [4.78, 5) is 27.4. The highest BCUT2D eigenvalue weighted by Gasteiger charge is 2.29. The van der Waals surface area contributed by atoms with Crippen molar-refractivity contribution in [2.45, 2.75) is 80.4 Å². The Morgan fingerprint density at radius 1 is 1.17 bits per heavy atom. The van der Waals surface area contributed by atoms with Gasteiger partial charge in [0.2, 0.25) is 0 Å². The molecule has 9 heteroatoms. The smallest absolute Gasteiger partial charge is 0.268 e. The third kappa shape index (κ3) is 6.61. The normalized spacial score (nSPS) is 16.3. The standard InChI is InChI=1S/C26H32N4O4S/c1-26(2,33)18-29-13-12-20(28-29)15-24(31)23(14-19-8-6-7-9-19)30-25(32)16-22(17-27-30)35(34)21-10-4-3-5-11-21/h3-5,10-13,16-17,19,23,33H,6-9,14-15,18H2,1-2H3. The molecule has 4 rings (SSSR count). The minimum absolute atomic E-state index is 0.0715. The maximum atomic E-state index is 13.4. The summed E-state index contributed by atoms with van der Waals surface area (Å²) in [5, 5.41) is 18.8. The molecule has 8 nitrogen and oxygen atoms in total. The highest BCUT2D eigenvalue weighted by atomic mass is 32.2. The number of nitrogens with zero attached hydrogens (tertiary/aromatic N) is 4. The zero-order valence-electron chi connectivity index (χ0n) is 20.2. The van der Waals surface area contributed by atoms with E-state index in [1.165, 1.54) is 16.9 Å². The van der Waals surface area contributed by atoms with Gasteiger partial charge in [0.1, 0.15) is 6.04 Å². The Morgan fingerprint density at radius 3 is 2.54 bits per heavy atom. The SMILES string of the molecule is CC(C)(O)Cn1ccc(CC(=O)C(CC2CCCC2)n2ncc(S(=O)c3ccccc3)cc2=O)n1. The summed E-state index contributed by atoms with van der Waals surface area (Å²) >= 11 is 0. The molecule has 35 heavy (non-hydrogen) atoms. The van der Waals surface area contributed by atoms with Crippen molar-refractivity contribution >= 4 is 16.6 Å². The number of Topliss-reactive ketones (excluding diaryl/α,β-unsaturated/α-hetero) is 1. The van der Waals surface area contributed by atoms with Crippen molar-refractivity contribution < 1.29 is 14.1 Å². The van der Waals surface area contributed by atoms with Gasteiger partial charge in [-0.05, 0) is 44.4 Å². The van der Waals surface area contributed by atoms with Crippen LogP contribution in [-0.4, -0.2) is 40.3 Å². The van der Waals surface area contributed by atoms with Crippen molar-refractivity contribution in [3.63, 3.8) is 0 Å². The molecule has 0 spiro atoms. The van der Waals surface area contributed by atoms with Crippen LogP contribution in [0.25, 0.3) is 0 Å². The van der Waals surface area contributed by atoms with Crippen LogP contribution in [0.2, 0.25) is 0 Å². The van der Waals surface area contributed by atoms with Crippen LogP contribution in [0.5, 0.6) is 0 Å². The second-order valence-electron chi connectivity index (χ2n) is 9.92. The average Bonchev–Trinajstić information content (AvgIpc) is 3.48. The third-order valence-corrected chi connectivity index (χ3v) is 7.62. The minimum atomic E-state index is -1.52. The number of rotatable bonds is 10. The van der Waals surface area contributed by atoms with Crippen molar-refractivity contribution in [1.82, 2.24) is 19.6 Å². The van der Waals surface area contributed by atoms with Crippen molar-refractivity contribution in [3.05, 3.63) is 70.9 Å². The number of benzene rings is 1. The number of carbonyl (C=O) groups is 1. The van der Waals surface area contributed by atoms with Gasteiger partial charge in [-0.3, -0.25) is 14.3 Å². The quantitative estimate of drug-likeness (QED) is 0.462. The molecule has 0 bridgehead atoms. The van der Waals surface area contributed by atoms with E-state index in [1.807, 2.05) is 6.07 Å². The van der Waals surface area contributed by atoms with Crippen LogP contribution >= 0.6 is 0 Å². The van der Waals surface area contributed by atoms with E-state index < -0.39 is 28.0 Å². The van der Waals surface area contributed by atoms with Gasteiger partial charge in [0.05, 0.1) is 46.2 Å². The van der Waals surface area contributed by atoms with E-state index in [4.69, 9.17) is 0 Å². The third-order valence-electron chi connectivity index (χ3n) is 6.27. The molecule has 2 unspecified atom stereocenters. The van der Waals surface area contributed by atoms with Gasteiger partial charge < -0.3 is 5.11 Å². The first-order valence-electron chi connectivity index (χ1n) is 12.0. The van der Waals surface area contributed by atoms with Crippen molar-refractivity contribution in [1.29, 1.82) is 0 Å². The predicted molar refractivity (Wildman–Crippen MR) is 132 cm³/mol. The van der Waals surface area contributed by atoms with Crippen molar-refractivity contribution in [2.24, 2.45) is 5.92 Å². The number of aliphatic hydroxyl groups is 1. The van der Waals surface area contributed by atoms with Gasteiger partial charge in [-0.15, -0.1) is 0 Å². The van der Waals surface area contributed by atoms with E-state index in [9.17, 15) is 18.9 Å². The number of hydrogen-bond donors (Lipinski definition) is 1. The Balaban J connectivity index is 1.57. The highest BCUT2D eigenvalue weighted by Crippen LogP contribution is 2.32. The number of ketones is 1. The maximum Gasteiger partial charge on any atom is 0.268 e. The number of hydrogen-bond acceptors (Lipinski definition) is 6. The van der Waals surface area contributed by atoms with Crippen LogP contribution in [0.3, 0.4) is 0 Å². The Bertz CT molecular complexity index is 1240. The number of aromatic nitrogens is 4. The average molecular weight is 497 g/mol. The van der Waals surface area contributed by atoms with E-state index in [0.717, 1.165) is 25.7 Å². The van der Waals surface area contributed by atoms with Crippen LogP contribution in [0.15, 0.2) is 69.4 Å². The largest absolute Gasteiger partial charge is 0.389 e. The Morgan fingerprint density at radius 2 is 1.89 bits per heavy atom. The molecule has 1 N–H and O–H groups in total. The lowest BCUT2D eigenvalue weighted by molar-refractivity contribution is -0.122. The van der Waals surface area contributed by atoms with E-state index in [1.54, 1.807) is 55.1 Å². The van der Waals surface area contributed by atoms with Gasteiger partial charge in [-0.2, -0.15) is 10.2 Å². The fourth-order valence-electron chi connectivity index (χ4n) is 4.63. The summed E-state index contributed by atoms with van der Waals surface area (Å²) < 4.78 is 15.7. The highest BCUT2D eigenvalue weighted by molar-refractivity contribution is 7.85. The lowest BCUT2D eigenvalue weighted by atomic mass is 9.94. The molecule has 1 saturated carbocycles. The Labute approximate surface area is 207 Å². The summed E-state index contributed by atoms with van der Waals surface area (Å²) in [6.45, 7) is 3.71. The van der Waals surface area contributed by atoms with Crippen LogP contribution in [-0.2, 0) is 28.6 Å². The van der Waals surface area contributed by atoms with E-state index in [-0.39, 0.29) is 12.2 Å². The summed E-state index contributed by atoms with van der Waals surface area (Å²) in [5.41, 5.74) is -0.766. The van der Waals surface area contributed by atoms with Gasteiger partial charge in [-0.1, -0.05) is 43.9 Å². The first kappa shape index (κ1) is 25.2. The van der Waals surface area contributed by atoms with Crippen LogP contribution in [0, 0.1) is 5.92 Å². The van der Waals surface area contributed by atoms with E-state index in [0.29, 0.717) is 34.4 Å². The molecular weight excluding hydrogens is 464 g/mol. The van der Waals surface area contributed by atoms with Crippen LogP contribution in [0.4, 0.5) is 0 Å². The summed E-state index contributed by atoms with van der Waals surface area (Å²) in [6.07, 6.45) is 8.12. The fraction of sp³-hybridized carbons (Fsp3) is 0.462. The predicted octanol–water partition coefficient (Wildman–Crippen LogP) is 3.31. The lowest BCUT2D eigenvalue weighted by Crippen LogP contribution is -2.34. The van der Waals surface area contributed by atoms with Gasteiger partial charge in [0.15, 0.2) is 5.78 Å². The molecule has 3 aromatic rings. The fourth-order valence-corrected chi connectivity index (χ4v) is 5.65. The first-order valence-corrected chi connectivity index (χ1v) is 13.2. The van der Waals surface area contributed by atoms with E-state index >= 15 is 0 Å². The zero-order chi connectivity index (χ0) is 25.0. The molecule has 2 atom stereocenters. The molecule has 1 aliphatic carbocycles. The molecule has 0 aliphatic heterocycles. The minimum Gasteiger partial charge on any atom is -0.389 e. The van der Waals surface area contributed by atoms with Gasteiger partial charge in [0, 0.05) is 17.2 Å². The first-order chi connectivity index (χ1) is 16.7. The van der Waals surface area contributed by atoms with Crippen LogP contribution < -0.4 is 5.56 Å². The van der Waals surface area contributed by atoms with E-state index in [2.05, 4.69) is 10.2 Å². The van der Waals surface area contributed by atoms with Crippen molar-refractivity contribution in [2.75, 3.05) is 0 Å². The monoisotopic (exact) mass is 496 g/mol. The molecule has 0 radical (unpaired) electrons. The summed E-state index contributed by atoms with van der Waals surface area (Å²) in [7, 11) is -1.52. The Kier molecular flexibility index (Phi) is 7.76. The molecule has 2 aromatic heterocycles. The molecule has 0 saturated heterocycles. The van der Waals surface area contributed by atoms with Gasteiger partial charge in [-0.25, -0.2) is 8.89 Å². The molecule has 186 valence electrons. The maximum absolute atomic E-state index is 13.4. The number of carbonyl (C=O) groups excluding carboxylic acids is 1. The molecule has 1 fully saturated rings. The molecular formula is C26H32N4O4S. The second kappa shape index (κ2) is 10.8. The second-order valence-corrected chi connectivity index (χ2v) is 11.4.